The lowest BCUT2D eigenvalue weighted by Gasteiger charge is -2.27. The molecule has 24 heavy (non-hydrogen) atoms. The van der Waals surface area contributed by atoms with Gasteiger partial charge in [-0.15, -0.1) is 5.10 Å². The van der Waals surface area contributed by atoms with Crippen molar-refractivity contribution < 1.29 is 4.74 Å². The molecule has 0 bridgehead atoms. The standard InChI is InChI=1S/C18H21N5O/c1-13-11-17(23-18(19-13)20-14(2)21-23)22-10-6-7-15(22)12-24-16-8-4-3-5-9-16/h3-5,8-9,11,15H,6-7,10,12H2,1-2H3/t15-/m1/s1. The third-order valence-corrected chi connectivity index (χ3v) is 4.38. The Bertz CT molecular complexity index is 845. The predicted octanol–water partition coefficient (Wildman–Crippen LogP) is 2.79. The summed E-state index contributed by atoms with van der Waals surface area (Å²) in [6.07, 6.45) is 2.27. The Kier molecular flexibility index (Phi) is 3.80. The summed E-state index contributed by atoms with van der Waals surface area (Å²) in [6, 6.07) is 12.4. The maximum Gasteiger partial charge on any atom is 0.254 e. The van der Waals surface area contributed by atoms with Gasteiger partial charge in [-0.2, -0.15) is 9.50 Å². The van der Waals surface area contributed by atoms with Crippen molar-refractivity contribution in [2.45, 2.75) is 32.7 Å². The van der Waals surface area contributed by atoms with E-state index >= 15 is 0 Å². The van der Waals surface area contributed by atoms with Crippen LogP contribution < -0.4 is 9.64 Å². The molecule has 1 aliphatic heterocycles. The van der Waals surface area contributed by atoms with Crippen molar-refractivity contribution in [3.63, 3.8) is 0 Å². The van der Waals surface area contributed by atoms with E-state index < -0.39 is 0 Å². The summed E-state index contributed by atoms with van der Waals surface area (Å²) >= 11 is 0. The normalized spacial score (nSPS) is 17.6. The molecule has 0 unspecified atom stereocenters. The Morgan fingerprint density at radius 1 is 1.17 bits per heavy atom. The van der Waals surface area contributed by atoms with Crippen LogP contribution in [0.1, 0.15) is 24.4 Å². The molecule has 1 saturated heterocycles. The van der Waals surface area contributed by atoms with Gasteiger partial charge in [0.25, 0.3) is 5.78 Å². The van der Waals surface area contributed by atoms with Crippen LogP contribution in [0, 0.1) is 13.8 Å². The van der Waals surface area contributed by atoms with Gasteiger partial charge >= 0.3 is 0 Å². The molecule has 0 spiro atoms. The molecule has 0 amide bonds. The summed E-state index contributed by atoms with van der Waals surface area (Å²) in [5.74, 6) is 3.37. The molecule has 6 nitrogen and oxygen atoms in total. The predicted molar refractivity (Wildman–Crippen MR) is 92.6 cm³/mol. The van der Waals surface area contributed by atoms with Crippen LogP contribution in [0.4, 0.5) is 5.82 Å². The van der Waals surface area contributed by atoms with Crippen molar-refractivity contribution in [1.82, 2.24) is 19.6 Å². The number of aryl methyl sites for hydroxylation is 2. The second kappa shape index (κ2) is 6.11. The van der Waals surface area contributed by atoms with E-state index in [0.717, 1.165) is 42.5 Å². The van der Waals surface area contributed by atoms with Crippen LogP contribution >= 0.6 is 0 Å². The summed E-state index contributed by atoms with van der Waals surface area (Å²) < 4.78 is 7.84. The molecule has 1 fully saturated rings. The minimum absolute atomic E-state index is 0.333. The van der Waals surface area contributed by atoms with E-state index in [-0.39, 0.29) is 0 Å². The van der Waals surface area contributed by atoms with Crippen LogP contribution in [0.3, 0.4) is 0 Å². The molecule has 3 heterocycles. The molecule has 0 aliphatic carbocycles. The van der Waals surface area contributed by atoms with Gasteiger partial charge in [0.15, 0.2) is 0 Å². The highest BCUT2D eigenvalue weighted by atomic mass is 16.5. The molecule has 1 aliphatic rings. The Morgan fingerprint density at radius 3 is 2.83 bits per heavy atom. The summed E-state index contributed by atoms with van der Waals surface area (Å²) in [4.78, 5) is 11.3. The van der Waals surface area contributed by atoms with Crippen molar-refractivity contribution in [2.75, 3.05) is 18.1 Å². The Hall–Kier alpha value is -2.63. The highest BCUT2D eigenvalue weighted by molar-refractivity contribution is 5.49. The summed E-state index contributed by atoms with van der Waals surface area (Å²) in [7, 11) is 0. The van der Waals surface area contributed by atoms with Gasteiger partial charge in [0, 0.05) is 18.3 Å². The number of benzene rings is 1. The fraction of sp³-hybridized carbons (Fsp3) is 0.389. The second-order valence-electron chi connectivity index (χ2n) is 6.24. The number of hydrogen-bond acceptors (Lipinski definition) is 5. The average molecular weight is 323 g/mol. The quantitative estimate of drug-likeness (QED) is 0.739. The molecule has 0 radical (unpaired) electrons. The lowest BCUT2D eigenvalue weighted by Crippen LogP contribution is -2.35. The van der Waals surface area contributed by atoms with Crippen molar-refractivity contribution in [2.24, 2.45) is 0 Å². The zero-order valence-electron chi connectivity index (χ0n) is 14.0. The summed E-state index contributed by atoms with van der Waals surface area (Å²) in [5, 5.41) is 4.51. The molecular formula is C18H21N5O. The van der Waals surface area contributed by atoms with Gasteiger partial charge in [-0.1, -0.05) is 18.2 Å². The van der Waals surface area contributed by atoms with E-state index in [0.29, 0.717) is 18.4 Å². The zero-order valence-corrected chi connectivity index (χ0v) is 14.0. The van der Waals surface area contributed by atoms with E-state index in [1.807, 2.05) is 48.7 Å². The largest absolute Gasteiger partial charge is 0.491 e. The SMILES string of the molecule is Cc1cc(N2CCC[C@@H]2COc2ccccc2)n2nc(C)nc2n1. The molecule has 1 atom stereocenters. The van der Waals surface area contributed by atoms with Crippen molar-refractivity contribution in [3.05, 3.63) is 47.9 Å². The van der Waals surface area contributed by atoms with Crippen LogP contribution in [-0.4, -0.2) is 38.8 Å². The van der Waals surface area contributed by atoms with E-state index in [4.69, 9.17) is 4.74 Å². The van der Waals surface area contributed by atoms with Crippen molar-refractivity contribution >= 4 is 11.6 Å². The fourth-order valence-electron chi connectivity index (χ4n) is 3.29. The third kappa shape index (κ3) is 2.79. The average Bonchev–Trinajstić information content (AvgIpc) is 3.18. The van der Waals surface area contributed by atoms with Gasteiger partial charge in [0.1, 0.15) is 24.0 Å². The van der Waals surface area contributed by atoms with Crippen LogP contribution in [-0.2, 0) is 0 Å². The highest BCUT2D eigenvalue weighted by Crippen LogP contribution is 2.27. The number of nitrogens with zero attached hydrogens (tertiary/aromatic N) is 5. The molecule has 0 N–H and O–H groups in total. The Morgan fingerprint density at radius 2 is 2.00 bits per heavy atom. The maximum absolute atomic E-state index is 5.99. The van der Waals surface area contributed by atoms with Crippen molar-refractivity contribution in [3.8, 4) is 5.75 Å². The smallest absolute Gasteiger partial charge is 0.254 e. The minimum atomic E-state index is 0.333. The van der Waals surface area contributed by atoms with Crippen LogP contribution in [0.25, 0.3) is 5.78 Å². The van der Waals surface area contributed by atoms with Gasteiger partial charge in [0.05, 0.1) is 6.04 Å². The Balaban J connectivity index is 1.61. The van der Waals surface area contributed by atoms with Crippen LogP contribution in [0.5, 0.6) is 5.75 Å². The first-order valence-corrected chi connectivity index (χ1v) is 8.36. The van der Waals surface area contributed by atoms with E-state index in [2.05, 4.69) is 26.0 Å². The molecule has 2 aromatic heterocycles. The number of anilines is 1. The van der Waals surface area contributed by atoms with Gasteiger partial charge in [-0.05, 0) is 38.8 Å². The minimum Gasteiger partial charge on any atom is -0.491 e. The summed E-state index contributed by atoms with van der Waals surface area (Å²) in [5.41, 5.74) is 0.958. The third-order valence-electron chi connectivity index (χ3n) is 4.38. The van der Waals surface area contributed by atoms with Gasteiger partial charge in [-0.3, -0.25) is 0 Å². The fourth-order valence-corrected chi connectivity index (χ4v) is 3.29. The monoisotopic (exact) mass is 323 g/mol. The van der Waals surface area contributed by atoms with Crippen LogP contribution in [0.15, 0.2) is 36.4 Å². The lowest BCUT2D eigenvalue weighted by molar-refractivity contribution is 0.288. The molecule has 6 heteroatoms. The maximum atomic E-state index is 5.99. The van der Waals surface area contributed by atoms with E-state index in [1.54, 1.807) is 0 Å². The number of fused-ring (bicyclic) bond motifs is 1. The number of ether oxygens (including phenoxy) is 1. The van der Waals surface area contributed by atoms with Gasteiger partial charge in [-0.25, -0.2) is 4.98 Å². The highest BCUT2D eigenvalue weighted by Gasteiger charge is 2.28. The van der Waals surface area contributed by atoms with Crippen molar-refractivity contribution in [1.29, 1.82) is 0 Å². The van der Waals surface area contributed by atoms with E-state index in [1.165, 1.54) is 0 Å². The number of rotatable bonds is 4. The topological polar surface area (TPSA) is 55.6 Å². The summed E-state index contributed by atoms with van der Waals surface area (Å²) in [6.45, 7) is 5.56. The lowest BCUT2D eigenvalue weighted by atomic mass is 10.2. The first kappa shape index (κ1) is 14.9. The number of aromatic nitrogens is 4. The first-order valence-electron chi connectivity index (χ1n) is 8.36. The molecular weight excluding hydrogens is 302 g/mol. The van der Waals surface area contributed by atoms with Crippen LogP contribution in [0.2, 0.25) is 0 Å². The number of hydrogen-bond donors (Lipinski definition) is 0. The van der Waals surface area contributed by atoms with Gasteiger partial charge < -0.3 is 9.64 Å². The molecule has 4 rings (SSSR count). The first-order chi connectivity index (χ1) is 11.7. The zero-order chi connectivity index (χ0) is 16.5. The second-order valence-corrected chi connectivity index (χ2v) is 6.24. The number of para-hydroxylation sites is 1. The molecule has 3 aromatic rings. The van der Waals surface area contributed by atoms with E-state index in [9.17, 15) is 0 Å². The van der Waals surface area contributed by atoms with Gasteiger partial charge in [0.2, 0.25) is 0 Å². The molecule has 1 aromatic carbocycles. The molecule has 0 saturated carbocycles. The Labute approximate surface area is 141 Å². The molecule has 124 valence electrons.